The second-order valence-corrected chi connectivity index (χ2v) is 7.91. The summed E-state index contributed by atoms with van der Waals surface area (Å²) >= 11 is 10.4. The fourth-order valence-corrected chi connectivity index (χ4v) is 3.37. The van der Waals surface area contributed by atoms with E-state index in [2.05, 4.69) is 31.7 Å². The van der Waals surface area contributed by atoms with Crippen LogP contribution in [0.5, 0.6) is 0 Å². The zero-order valence-electron chi connectivity index (χ0n) is 16.8. The van der Waals surface area contributed by atoms with Gasteiger partial charge in [0, 0.05) is 26.3 Å². The highest BCUT2D eigenvalue weighted by molar-refractivity contribution is 7.80. The van der Waals surface area contributed by atoms with E-state index >= 15 is 0 Å². The molecule has 2 aliphatic heterocycles. The molecule has 0 radical (unpaired) electrons. The van der Waals surface area contributed by atoms with Crippen molar-refractivity contribution < 1.29 is 9.47 Å². The molecule has 30 heavy (non-hydrogen) atoms. The molecule has 0 aromatic heterocycles. The van der Waals surface area contributed by atoms with Crippen molar-refractivity contribution in [3.05, 3.63) is 35.4 Å². The first-order valence-electron chi connectivity index (χ1n) is 10.2. The van der Waals surface area contributed by atoms with Crippen molar-refractivity contribution in [2.75, 3.05) is 26.3 Å². The topological polar surface area (TPSA) is 91.3 Å². The standard InChI is InChI=1S/C20H28N6O2S2/c29-19(21-13-17-3-1-9-27-17)25-23-11-15-5-7-16(8-6-15)12-24-26-20(30)22-14-18-4-2-10-28-18/h5-8,11-12,17-18H,1-4,9-10,13-14H2,(H2,21,25,29)(H2,22,26,30)/b23-11-,24-12-/t17-,18-/m1/s1. The molecule has 0 saturated carbocycles. The van der Waals surface area contributed by atoms with Crippen LogP contribution in [0.3, 0.4) is 0 Å². The van der Waals surface area contributed by atoms with E-state index in [1.165, 1.54) is 0 Å². The lowest BCUT2D eigenvalue weighted by molar-refractivity contribution is 0.114. The van der Waals surface area contributed by atoms with Gasteiger partial charge in [-0.1, -0.05) is 24.3 Å². The van der Waals surface area contributed by atoms with E-state index < -0.39 is 0 Å². The number of hydrogen-bond donors (Lipinski definition) is 4. The summed E-state index contributed by atoms with van der Waals surface area (Å²) in [6.07, 6.45) is 8.27. The molecule has 1 aromatic rings. The summed E-state index contributed by atoms with van der Waals surface area (Å²) in [6, 6.07) is 7.79. The van der Waals surface area contributed by atoms with Crippen molar-refractivity contribution in [1.82, 2.24) is 21.5 Å². The molecule has 162 valence electrons. The van der Waals surface area contributed by atoms with E-state index in [0.29, 0.717) is 23.3 Å². The maximum atomic E-state index is 5.54. The number of nitrogens with one attached hydrogen (secondary N) is 4. The normalized spacial score (nSPS) is 21.2. The maximum Gasteiger partial charge on any atom is 0.187 e. The van der Waals surface area contributed by atoms with E-state index in [-0.39, 0.29) is 12.2 Å². The molecule has 2 saturated heterocycles. The van der Waals surface area contributed by atoms with Crippen molar-refractivity contribution in [2.24, 2.45) is 10.2 Å². The number of ether oxygens (including phenoxy) is 2. The summed E-state index contributed by atoms with van der Waals surface area (Å²) < 4.78 is 11.1. The smallest absolute Gasteiger partial charge is 0.187 e. The Bertz CT molecular complexity index is 681. The van der Waals surface area contributed by atoms with E-state index in [1.54, 1.807) is 12.4 Å². The summed E-state index contributed by atoms with van der Waals surface area (Å²) in [7, 11) is 0. The van der Waals surface area contributed by atoms with Gasteiger partial charge >= 0.3 is 0 Å². The second-order valence-electron chi connectivity index (χ2n) is 7.10. The van der Waals surface area contributed by atoms with E-state index in [0.717, 1.165) is 50.0 Å². The third-order valence-electron chi connectivity index (χ3n) is 4.72. The van der Waals surface area contributed by atoms with E-state index in [4.69, 9.17) is 33.9 Å². The number of benzene rings is 1. The summed E-state index contributed by atoms with van der Waals surface area (Å²) in [6.45, 7) is 3.08. The van der Waals surface area contributed by atoms with Gasteiger partial charge < -0.3 is 20.1 Å². The van der Waals surface area contributed by atoms with Crippen LogP contribution in [-0.4, -0.2) is 61.2 Å². The monoisotopic (exact) mass is 448 g/mol. The third kappa shape index (κ3) is 8.31. The predicted octanol–water partition coefficient (Wildman–Crippen LogP) is 1.64. The zero-order chi connectivity index (χ0) is 21.0. The van der Waals surface area contributed by atoms with Crippen molar-refractivity contribution in [3.63, 3.8) is 0 Å². The van der Waals surface area contributed by atoms with Crippen molar-refractivity contribution in [3.8, 4) is 0 Å². The predicted molar refractivity (Wildman–Crippen MR) is 127 cm³/mol. The molecule has 0 spiro atoms. The quantitative estimate of drug-likeness (QED) is 0.271. The van der Waals surface area contributed by atoms with Gasteiger partial charge in [-0.05, 0) is 61.2 Å². The van der Waals surface area contributed by atoms with Crippen LogP contribution >= 0.6 is 24.4 Å². The maximum absolute atomic E-state index is 5.54. The molecule has 2 fully saturated rings. The van der Waals surface area contributed by atoms with Crippen LogP contribution in [0.15, 0.2) is 34.5 Å². The SMILES string of the molecule is S=C(NC[C@H]1CCCO1)N/N=C\c1ccc(/C=N\NC(=S)NC[C@H]2CCCO2)cc1. The highest BCUT2D eigenvalue weighted by Crippen LogP contribution is 2.11. The minimum absolute atomic E-state index is 0.240. The Kier molecular flexibility index (Phi) is 9.42. The average molecular weight is 449 g/mol. The Hall–Kier alpha value is -2.14. The first kappa shape index (κ1) is 22.5. The molecule has 3 rings (SSSR count). The van der Waals surface area contributed by atoms with Crippen molar-refractivity contribution in [2.45, 2.75) is 37.9 Å². The molecular formula is C20H28N6O2S2. The Balaban J connectivity index is 1.32. The van der Waals surface area contributed by atoms with Gasteiger partial charge in [-0.15, -0.1) is 0 Å². The van der Waals surface area contributed by atoms with Gasteiger partial charge in [-0.3, -0.25) is 10.9 Å². The van der Waals surface area contributed by atoms with E-state index in [9.17, 15) is 0 Å². The number of thiocarbonyl (C=S) groups is 2. The van der Waals surface area contributed by atoms with Crippen LogP contribution in [0.2, 0.25) is 0 Å². The van der Waals surface area contributed by atoms with Crippen molar-refractivity contribution >= 4 is 47.1 Å². The van der Waals surface area contributed by atoms with Crippen LogP contribution in [0.25, 0.3) is 0 Å². The van der Waals surface area contributed by atoms with Crippen LogP contribution < -0.4 is 21.5 Å². The minimum atomic E-state index is 0.240. The fraction of sp³-hybridized carbons (Fsp3) is 0.500. The molecule has 1 aromatic carbocycles. The van der Waals surface area contributed by atoms with Gasteiger partial charge in [-0.2, -0.15) is 10.2 Å². The molecule has 10 heteroatoms. The van der Waals surface area contributed by atoms with Crippen molar-refractivity contribution in [1.29, 1.82) is 0 Å². The molecular weight excluding hydrogens is 420 g/mol. The number of hydrogen-bond acceptors (Lipinski definition) is 6. The molecule has 0 bridgehead atoms. The molecule has 2 heterocycles. The van der Waals surface area contributed by atoms with Crippen LogP contribution in [0.4, 0.5) is 0 Å². The van der Waals surface area contributed by atoms with Gasteiger partial charge in [0.15, 0.2) is 10.2 Å². The number of rotatable bonds is 8. The Labute approximate surface area is 187 Å². The Morgan fingerprint density at radius 3 is 1.63 bits per heavy atom. The molecule has 4 N–H and O–H groups in total. The Morgan fingerprint density at radius 1 is 0.833 bits per heavy atom. The fourth-order valence-electron chi connectivity index (χ4n) is 3.10. The van der Waals surface area contributed by atoms with Crippen LogP contribution in [0, 0.1) is 0 Å². The molecule has 0 unspecified atom stereocenters. The Morgan fingerprint density at radius 2 is 1.27 bits per heavy atom. The summed E-state index contributed by atoms with van der Waals surface area (Å²) in [5, 5.41) is 15.5. The first-order valence-corrected chi connectivity index (χ1v) is 11.0. The first-order chi connectivity index (χ1) is 14.7. The summed E-state index contributed by atoms with van der Waals surface area (Å²) in [5.74, 6) is 0. The van der Waals surface area contributed by atoms with Gasteiger partial charge in [-0.25, -0.2) is 0 Å². The highest BCUT2D eigenvalue weighted by atomic mass is 32.1. The molecule has 8 nitrogen and oxygen atoms in total. The lowest BCUT2D eigenvalue weighted by atomic mass is 10.2. The van der Waals surface area contributed by atoms with Crippen LogP contribution in [0.1, 0.15) is 36.8 Å². The molecule has 0 aliphatic carbocycles. The average Bonchev–Trinajstić information content (AvgIpc) is 3.46. The van der Waals surface area contributed by atoms with Gasteiger partial charge in [0.2, 0.25) is 0 Å². The van der Waals surface area contributed by atoms with Gasteiger partial charge in [0.25, 0.3) is 0 Å². The molecule has 0 amide bonds. The zero-order valence-corrected chi connectivity index (χ0v) is 18.4. The third-order valence-corrected chi connectivity index (χ3v) is 5.20. The van der Waals surface area contributed by atoms with Gasteiger partial charge in [0.05, 0.1) is 24.6 Å². The number of nitrogens with zero attached hydrogens (tertiary/aromatic N) is 2. The lowest BCUT2D eigenvalue weighted by Gasteiger charge is -2.11. The van der Waals surface area contributed by atoms with Crippen LogP contribution in [-0.2, 0) is 9.47 Å². The van der Waals surface area contributed by atoms with E-state index in [1.807, 2.05) is 24.3 Å². The second kappa shape index (κ2) is 12.5. The molecule has 2 aliphatic rings. The van der Waals surface area contributed by atoms with Gasteiger partial charge in [0.1, 0.15) is 0 Å². The highest BCUT2D eigenvalue weighted by Gasteiger charge is 2.15. The lowest BCUT2D eigenvalue weighted by Crippen LogP contribution is -2.37. The summed E-state index contributed by atoms with van der Waals surface area (Å²) in [5.41, 5.74) is 7.53. The summed E-state index contributed by atoms with van der Waals surface area (Å²) in [4.78, 5) is 0. The minimum Gasteiger partial charge on any atom is -0.376 e. The number of hydrazone groups is 2. The largest absolute Gasteiger partial charge is 0.376 e. The molecule has 2 atom stereocenters.